The zero-order valence-corrected chi connectivity index (χ0v) is 9.57. The standard InChI is InChI=1S/C11H11N3OS/c1-15-8-4-2-3-5-9(8)16-11-6-10(12)13-7-14-11/h2-7H,1H3,(H2,12,13,14). The number of nitrogens with two attached hydrogens (primary N) is 1. The zero-order chi connectivity index (χ0) is 11.4. The fourth-order valence-electron chi connectivity index (χ4n) is 1.23. The van der Waals surface area contributed by atoms with Crippen LogP contribution in [0.2, 0.25) is 0 Å². The van der Waals surface area contributed by atoms with Crippen molar-refractivity contribution in [3.8, 4) is 5.75 Å². The summed E-state index contributed by atoms with van der Waals surface area (Å²) in [6.07, 6.45) is 1.45. The van der Waals surface area contributed by atoms with Crippen molar-refractivity contribution < 1.29 is 4.74 Å². The van der Waals surface area contributed by atoms with Crippen molar-refractivity contribution >= 4 is 17.6 Å². The summed E-state index contributed by atoms with van der Waals surface area (Å²) >= 11 is 1.50. The average Bonchev–Trinajstić information content (AvgIpc) is 2.30. The summed E-state index contributed by atoms with van der Waals surface area (Å²) in [4.78, 5) is 8.98. The first-order valence-electron chi connectivity index (χ1n) is 4.68. The van der Waals surface area contributed by atoms with Gasteiger partial charge >= 0.3 is 0 Å². The molecule has 16 heavy (non-hydrogen) atoms. The van der Waals surface area contributed by atoms with Gasteiger partial charge in [0.1, 0.15) is 22.9 Å². The molecule has 0 saturated heterocycles. The Hall–Kier alpha value is -1.75. The van der Waals surface area contributed by atoms with E-state index in [9.17, 15) is 0 Å². The first-order chi connectivity index (χ1) is 7.79. The third kappa shape index (κ3) is 2.43. The number of rotatable bonds is 3. The van der Waals surface area contributed by atoms with Crippen LogP contribution in [0.4, 0.5) is 5.82 Å². The summed E-state index contributed by atoms with van der Waals surface area (Å²) in [6, 6.07) is 9.50. The molecule has 0 aliphatic carbocycles. The highest BCUT2D eigenvalue weighted by Crippen LogP contribution is 2.33. The molecule has 0 amide bonds. The predicted octanol–water partition coefficient (Wildman–Crippen LogP) is 2.22. The quantitative estimate of drug-likeness (QED) is 0.824. The number of nitrogens with zero attached hydrogens (tertiary/aromatic N) is 2. The molecule has 1 heterocycles. The fraction of sp³-hybridized carbons (Fsp3) is 0.0909. The second-order valence-electron chi connectivity index (χ2n) is 3.03. The molecule has 0 bridgehead atoms. The van der Waals surface area contributed by atoms with Gasteiger partial charge in [-0.25, -0.2) is 9.97 Å². The summed E-state index contributed by atoms with van der Waals surface area (Å²) in [5.41, 5.74) is 5.59. The van der Waals surface area contributed by atoms with E-state index in [-0.39, 0.29) is 0 Å². The Balaban J connectivity index is 2.26. The first-order valence-corrected chi connectivity index (χ1v) is 5.49. The summed E-state index contributed by atoms with van der Waals surface area (Å²) in [5, 5.41) is 0.803. The monoisotopic (exact) mass is 233 g/mol. The SMILES string of the molecule is COc1ccccc1Sc1cc(N)ncn1. The minimum atomic E-state index is 0.465. The lowest BCUT2D eigenvalue weighted by atomic mass is 10.3. The molecule has 1 aromatic heterocycles. The fourth-order valence-corrected chi connectivity index (χ4v) is 2.13. The molecular formula is C11H11N3OS. The van der Waals surface area contributed by atoms with Crippen molar-refractivity contribution in [2.45, 2.75) is 9.92 Å². The van der Waals surface area contributed by atoms with E-state index in [2.05, 4.69) is 9.97 Å². The molecule has 0 aliphatic heterocycles. The highest BCUT2D eigenvalue weighted by molar-refractivity contribution is 7.99. The summed E-state index contributed by atoms with van der Waals surface area (Å²) in [7, 11) is 1.65. The maximum Gasteiger partial charge on any atom is 0.132 e. The molecule has 0 radical (unpaired) electrons. The second-order valence-corrected chi connectivity index (χ2v) is 4.10. The second kappa shape index (κ2) is 4.85. The van der Waals surface area contributed by atoms with Gasteiger partial charge in [-0.1, -0.05) is 23.9 Å². The molecular weight excluding hydrogens is 222 g/mol. The van der Waals surface area contributed by atoms with Crippen molar-refractivity contribution in [3.63, 3.8) is 0 Å². The number of ether oxygens (including phenoxy) is 1. The minimum absolute atomic E-state index is 0.465. The van der Waals surface area contributed by atoms with Crippen LogP contribution in [-0.4, -0.2) is 17.1 Å². The Morgan fingerprint density at radius 2 is 2.06 bits per heavy atom. The van der Waals surface area contributed by atoms with Crippen LogP contribution < -0.4 is 10.5 Å². The summed E-state index contributed by atoms with van der Waals surface area (Å²) in [5.74, 6) is 1.29. The Kier molecular flexibility index (Phi) is 3.26. The number of hydrogen-bond acceptors (Lipinski definition) is 5. The van der Waals surface area contributed by atoms with E-state index in [1.807, 2.05) is 24.3 Å². The number of para-hydroxylation sites is 1. The molecule has 0 saturated carbocycles. The lowest BCUT2D eigenvalue weighted by Gasteiger charge is -2.06. The average molecular weight is 233 g/mol. The van der Waals surface area contributed by atoms with E-state index in [1.54, 1.807) is 13.2 Å². The van der Waals surface area contributed by atoms with Gasteiger partial charge in [-0.15, -0.1) is 0 Å². The molecule has 0 spiro atoms. The van der Waals surface area contributed by atoms with E-state index in [1.165, 1.54) is 18.1 Å². The molecule has 0 fully saturated rings. The van der Waals surface area contributed by atoms with Gasteiger partial charge in [0, 0.05) is 6.07 Å². The van der Waals surface area contributed by atoms with Crippen LogP contribution >= 0.6 is 11.8 Å². The largest absolute Gasteiger partial charge is 0.496 e. The lowest BCUT2D eigenvalue weighted by molar-refractivity contribution is 0.405. The lowest BCUT2D eigenvalue weighted by Crippen LogP contribution is -1.92. The van der Waals surface area contributed by atoms with Crippen LogP contribution in [0.3, 0.4) is 0 Å². The smallest absolute Gasteiger partial charge is 0.132 e. The van der Waals surface area contributed by atoms with Crippen LogP contribution in [0, 0.1) is 0 Å². The van der Waals surface area contributed by atoms with Gasteiger partial charge in [0.2, 0.25) is 0 Å². The number of methoxy groups -OCH3 is 1. The van der Waals surface area contributed by atoms with Gasteiger partial charge in [0.15, 0.2) is 0 Å². The number of benzene rings is 1. The van der Waals surface area contributed by atoms with Gasteiger partial charge in [-0.3, -0.25) is 0 Å². The molecule has 1 aromatic carbocycles. The Morgan fingerprint density at radius 1 is 1.25 bits per heavy atom. The van der Waals surface area contributed by atoms with E-state index < -0.39 is 0 Å². The highest BCUT2D eigenvalue weighted by atomic mass is 32.2. The zero-order valence-electron chi connectivity index (χ0n) is 8.75. The van der Waals surface area contributed by atoms with Gasteiger partial charge in [0.25, 0.3) is 0 Å². The van der Waals surface area contributed by atoms with Crippen molar-refractivity contribution in [3.05, 3.63) is 36.7 Å². The first kappa shape index (κ1) is 10.8. The van der Waals surface area contributed by atoms with Crippen LogP contribution in [0.15, 0.2) is 46.6 Å². The molecule has 2 rings (SSSR count). The molecule has 5 heteroatoms. The maximum absolute atomic E-state index is 5.59. The molecule has 82 valence electrons. The van der Waals surface area contributed by atoms with E-state index in [0.717, 1.165) is 15.7 Å². The van der Waals surface area contributed by atoms with Gasteiger partial charge in [0.05, 0.1) is 12.0 Å². The minimum Gasteiger partial charge on any atom is -0.496 e. The summed E-state index contributed by atoms with van der Waals surface area (Å²) < 4.78 is 5.25. The van der Waals surface area contributed by atoms with Crippen LogP contribution in [0.5, 0.6) is 5.75 Å². The van der Waals surface area contributed by atoms with Gasteiger partial charge in [-0.2, -0.15) is 0 Å². The normalized spacial score (nSPS) is 10.1. The number of aromatic nitrogens is 2. The predicted molar refractivity (Wildman–Crippen MR) is 63.6 cm³/mol. The summed E-state index contributed by atoms with van der Waals surface area (Å²) in [6.45, 7) is 0. The molecule has 2 aromatic rings. The molecule has 2 N–H and O–H groups in total. The number of hydrogen-bond donors (Lipinski definition) is 1. The van der Waals surface area contributed by atoms with Crippen molar-refractivity contribution in [1.82, 2.24) is 9.97 Å². The molecule has 0 unspecified atom stereocenters. The third-order valence-corrected chi connectivity index (χ3v) is 2.94. The van der Waals surface area contributed by atoms with Crippen molar-refractivity contribution in [2.75, 3.05) is 12.8 Å². The maximum atomic E-state index is 5.59. The van der Waals surface area contributed by atoms with Crippen LogP contribution in [0.25, 0.3) is 0 Å². The van der Waals surface area contributed by atoms with Crippen molar-refractivity contribution in [1.29, 1.82) is 0 Å². The van der Waals surface area contributed by atoms with E-state index in [4.69, 9.17) is 10.5 Å². The van der Waals surface area contributed by atoms with E-state index >= 15 is 0 Å². The van der Waals surface area contributed by atoms with Crippen molar-refractivity contribution in [2.24, 2.45) is 0 Å². The number of nitrogen functional groups attached to an aromatic ring is 1. The Morgan fingerprint density at radius 3 is 2.81 bits per heavy atom. The number of anilines is 1. The van der Waals surface area contributed by atoms with Crippen LogP contribution in [0.1, 0.15) is 0 Å². The van der Waals surface area contributed by atoms with Gasteiger partial charge in [-0.05, 0) is 12.1 Å². The topological polar surface area (TPSA) is 61.0 Å². The molecule has 0 aliphatic rings. The molecule has 4 nitrogen and oxygen atoms in total. The Labute approximate surface area is 97.9 Å². The van der Waals surface area contributed by atoms with E-state index in [0.29, 0.717) is 5.82 Å². The Bertz CT molecular complexity index is 490. The van der Waals surface area contributed by atoms with Gasteiger partial charge < -0.3 is 10.5 Å². The van der Waals surface area contributed by atoms with Crippen LogP contribution in [-0.2, 0) is 0 Å². The third-order valence-electron chi connectivity index (χ3n) is 1.95. The molecule has 0 atom stereocenters. The highest BCUT2D eigenvalue weighted by Gasteiger charge is 2.05.